The van der Waals surface area contributed by atoms with Crippen molar-refractivity contribution < 1.29 is 0 Å². The molecule has 0 aliphatic carbocycles. The quantitative estimate of drug-likeness (QED) is 0.786. The van der Waals surface area contributed by atoms with Crippen molar-refractivity contribution >= 4 is 17.4 Å². The minimum atomic E-state index is 0.326. The largest absolute Gasteiger partial charge is 0.370 e. The molecule has 0 unspecified atom stereocenters. The molecule has 15 heavy (non-hydrogen) atoms. The van der Waals surface area contributed by atoms with E-state index >= 15 is 0 Å². The highest BCUT2D eigenvalue weighted by atomic mass is 35.5. The first-order chi connectivity index (χ1) is 7.11. The average Bonchev–Trinajstić information content (AvgIpc) is 2.14. The number of anilines is 1. The van der Waals surface area contributed by atoms with Gasteiger partial charge in [-0.25, -0.2) is 9.97 Å². The molecule has 1 N–H and O–H groups in total. The molecular formula is C11H18ClN3. The fourth-order valence-electron chi connectivity index (χ4n) is 1.25. The lowest BCUT2D eigenvalue weighted by molar-refractivity contribution is 0.686. The lowest BCUT2D eigenvalue weighted by atomic mass is 10.2. The van der Waals surface area contributed by atoms with E-state index in [1.807, 2.05) is 6.07 Å². The first kappa shape index (κ1) is 12.2. The summed E-state index contributed by atoms with van der Waals surface area (Å²) >= 11 is 5.84. The molecule has 1 rings (SSSR count). The van der Waals surface area contributed by atoms with Crippen LogP contribution in [0.2, 0.25) is 5.28 Å². The van der Waals surface area contributed by atoms with Gasteiger partial charge in [0.05, 0.1) is 0 Å². The van der Waals surface area contributed by atoms with Gasteiger partial charge in [0.25, 0.3) is 0 Å². The Labute approximate surface area is 96.3 Å². The molecule has 0 spiro atoms. The van der Waals surface area contributed by atoms with Gasteiger partial charge >= 0.3 is 0 Å². The van der Waals surface area contributed by atoms with E-state index < -0.39 is 0 Å². The molecule has 0 amide bonds. The van der Waals surface area contributed by atoms with Crippen LogP contribution in [0.4, 0.5) is 5.82 Å². The molecule has 0 radical (unpaired) electrons. The van der Waals surface area contributed by atoms with Crippen LogP contribution < -0.4 is 5.32 Å². The van der Waals surface area contributed by atoms with Crippen molar-refractivity contribution in [2.45, 2.75) is 33.6 Å². The van der Waals surface area contributed by atoms with Crippen molar-refractivity contribution in [2.75, 3.05) is 11.9 Å². The van der Waals surface area contributed by atoms with E-state index in [0.717, 1.165) is 30.9 Å². The van der Waals surface area contributed by atoms with Crippen LogP contribution in [0.1, 0.15) is 32.9 Å². The van der Waals surface area contributed by atoms with Crippen molar-refractivity contribution in [3.05, 3.63) is 17.0 Å². The summed E-state index contributed by atoms with van der Waals surface area (Å²) in [7, 11) is 0. The zero-order chi connectivity index (χ0) is 11.3. The van der Waals surface area contributed by atoms with E-state index in [-0.39, 0.29) is 0 Å². The van der Waals surface area contributed by atoms with Crippen LogP contribution in [0.15, 0.2) is 6.07 Å². The Bertz CT molecular complexity index is 313. The topological polar surface area (TPSA) is 37.8 Å². The second kappa shape index (κ2) is 5.91. The highest BCUT2D eigenvalue weighted by Crippen LogP contribution is 2.12. The molecule has 1 aromatic rings. The molecule has 1 heterocycles. The predicted octanol–water partition coefficient (Wildman–Crippen LogP) is 3.15. The number of rotatable bonds is 5. The van der Waals surface area contributed by atoms with Crippen molar-refractivity contribution in [2.24, 2.45) is 5.92 Å². The van der Waals surface area contributed by atoms with E-state index in [0.29, 0.717) is 11.2 Å². The maximum atomic E-state index is 5.84. The summed E-state index contributed by atoms with van der Waals surface area (Å²) in [5, 5.41) is 3.57. The highest BCUT2D eigenvalue weighted by molar-refractivity contribution is 6.28. The van der Waals surface area contributed by atoms with Gasteiger partial charge in [-0.15, -0.1) is 0 Å². The van der Waals surface area contributed by atoms with E-state index in [9.17, 15) is 0 Å². The summed E-state index contributed by atoms with van der Waals surface area (Å²) in [6, 6.07) is 1.97. The zero-order valence-electron chi connectivity index (χ0n) is 9.55. The minimum absolute atomic E-state index is 0.326. The molecule has 0 saturated heterocycles. The summed E-state index contributed by atoms with van der Waals surface area (Å²) in [4.78, 5) is 8.30. The third-order valence-corrected chi connectivity index (χ3v) is 2.12. The fraction of sp³-hybridized carbons (Fsp3) is 0.636. The number of nitrogens with zero attached hydrogens (tertiary/aromatic N) is 2. The number of hydrogen-bond acceptors (Lipinski definition) is 3. The van der Waals surface area contributed by atoms with Gasteiger partial charge in [-0.1, -0.05) is 27.2 Å². The molecule has 0 saturated carbocycles. The van der Waals surface area contributed by atoms with Crippen LogP contribution in [0.3, 0.4) is 0 Å². The van der Waals surface area contributed by atoms with E-state index in [2.05, 4.69) is 36.1 Å². The molecule has 1 aromatic heterocycles. The van der Waals surface area contributed by atoms with Crippen LogP contribution in [-0.4, -0.2) is 16.5 Å². The van der Waals surface area contributed by atoms with Crippen LogP contribution in [-0.2, 0) is 6.42 Å². The number of halogens is 1. The summed E-state index contributed by atoms with van der Waals surface area (Å²) in [5.41, 5.74) is 1.00. The Morgan fingerprint density at radius 3 is 2.73 bits per heavy atom. The third kappa shape index (κ3) is 4.47. The van der Waals surface area contributed by atoms with Gasteiger partial charge < -0.3 is 5.32 Å². The van der Waals surface area contributed by atoms with Gasteiger partial charge in [0.15, 0.2) is 0 Å². The van der Waals surface area contributed by atoms with Crippen LogP contribution in [0.5, 0.6) is 0 Å². The molecular weight excluding hydrogens is 210 g/mol. The number of nitrogens with one attached hydrogen (secondary N) is 1. The Balaban J connectivity index is 2.70. The lowest BCUT2D eigenvalue weighted by Crippen LogP contribution is -2.10. The molecule has 84 valence electrons. The van der Waals surface area contributed by atoms with E-state index in [4.69, 9.17) is 11.6 Å². The summed E-state index contributed by atoms with van der Waals surface area (Å²) < 4.78 is 0. The molecule has 0 fully saturated rings. The lowest BCUT2D eigenvalue weighted by Gasteiger charge is -2.09. The van der Waals surface area contributed by atoms with Crippen LogP contribution in [0.25, 0.3) is 0 Å². The van der Waals surface area contributed by atoms with Crippen molar-refractivity contribution in [1.29, 1.82) is 0 Å². The first-order valence-electron chi connectivity index (χ1n) is 5.39. The third-order valence-electron chi connectivity index (χ3n) is 1.95. The van der Waals surface area contributed by atoms with Gasteiger partial charge in [0.2, 0.25) is 5.28 Å². The van der Waals surface area contributed by atoms with Gasteiger partial charge in [-0.3, -0.25) is 0 Å². The number of aryl methyl sites for hydroxylation is 1. The Morgan fingerprint density at radius 2 is 2.13 bits per heavy atom. The van der Waals surface area contributed by atoms with E-state index in [1.165, 1.54) is 0 Å². The van der Waals surface area contributed by atoms with Gasteiger partial charge in [0.1, 0.15) is 5.82 Å². The summed E-state index contributed by atoms with van der Waals surface area (Å²) in [6.07, 6.45) is 2.01. The van der Waals surface area contributed by atoms with Crippen molar-refractivity contribution in [3.8, 4) is 0 Å². The fourth-order valence-corrected chi connectivity index (χ4v) is 1.45. The van der Waals surface area contributed by atoms with Crippen molar-refractivity contribution in [1.82, 2.24) is 9.97 Å². The summed E-state index contributed by atoms with van der Waals surface area (Å²) in [5.74, 6) is 1.42. The molecule has 0 aliphatic heterocycles. The molecule has 0 atom stereocenters. The molecule has 0 bridgehead atoms. The van der Waals surface area contributed by atoms with Crippen LogP contribution in [0, 0.1) is 5.92 Å². The summed E-state index contributed by atoms with van der Waals surface area (Å²) in [6.45, 7) is 7.33. The monoisotopic (exact) mass is 227 g/mol. The van der Waals surface area contributed by atoms with Crippen LogP contribution >= 0.6 is 11.6 Å². The second-order valence-corrected chi connectivity index (χ2v) is 4.38. The maximum absolute atomic E-state index is 5.84. The minimum Gasteiger partial charge on any atom is -0.370 e. The van der Waals surface area contributed by atoms with Crippen molar-refractivity contribution in [3.63, 3.8) is 0 Å². The molecule has 0 aliphatic rings. The maximum Gasteiger partial charge on any atom is 0.224 e. The highest BCUT2D eigenvalue weighted by Gasteiger charge is 2.02. The average molecular weight is 228 g/mol. The first-order valence-corrected chi connectivity index (χ1v) is 5.77. The Morgan fingerprint density at radius 1 is 1.40 bits per heavy atom. The Hall–Kier alpha value is -0.830. The Kier molecular flexibility index (Phi) is 4.82. The van der Waals surface area contributed by atoms with Gasteiger partial charge in [-0.05, 0) is 23.9 Å². The second-order valence-electron chi connectivity index (χ2n) is 4.04. The van der Waals surface area contributed by atoms with E-state index in [1.54, 1.807) is 0 Å². The normalized spacial score (nSPS) is 10.7. The SMILES string of the molecule is CCCc1cc(NCC(C)C)nc(Cl)n1. The standard InChI is InChI=1S/C11H18ClN3/c1-4-5-9-6-10(13-7-8(2)3)15-11(12)14-9/h6,8H,4-5,7H2,1-3H3,(H,13,14,15). The van der Waals surface area contributed by atoms with Gasteiger partial charge in [0, 0.05) is 18.3 Å². The predicted molar refractivity (Wildman–Crippen MR) is 64.4 cm³/mol. The molecule has 0 aromatic carbocycles. The molecule has 3 nitrogen and oxygen atoms in total. The zero-order valence-corrected chi connectivity index (χ0v) is 10.3. The smallest absolute Gasteiger partial charge is 0.224 e. The van der Waals surface area contributed by atoms with Gasteiger partial charge in [-0.2, -0.15) is 0 Å². The molecule has 4 heteroatoms. The number of aromatic nitrogens is 2. The number of hydrogen-bond donors (Lipinski definition) is 1.